The van der Waals surface area contributed by atoms with E-state index in [4.69, 9.17) is 52.1 Å². The molecule has 0 saturated carbocycles. The zero-order valence-electron chi connectivity index (χ0n) is 7.38. The molecule has 6 heteroatoms. The van der Waals surface area contributed by atoms with E-state index in [2.05, 4.69) is 0 Å². The van der Waals surface area contributed by atoms with E-state index in [0.29, 0.717) is 5.56 Å². The number of rotatable bonds is 2. The van der Waals surface area contributed by atoms with Gasteiger partial charge in [0.05, 0.1) is 0 Å². The number of amides is 1. The Hall–Kier alpha value is -0.150. The van der Waals surface area contributed by atoms with Crippen LogP contribution in [0.25, 0.3) is 0 Å². The number of nitrogens with two attached hydrogens (primary N) is 1. The van der Waals surface area contributed by atoms with E-state index >= 15 is 0 Å². The third kappa shape index (κ3) is 3.15. The van der Waals surface area contributed by atoms with Crippen molar-refractivity contribution in [3.63, 3.8) is 0 Å². The van der Waals surface area contributed by atoms with Crippen molar-refractivity contribution < 1.29 is 4.79 Å². The molecule has 1 rings (SSSR count). The first kappa shape index (κ1) is 12.9. The highest BCUT2D eigenvalue weighted by Crippen LogP contribution is 2.44. The van der Waals surface area contributed by atoms with Crippen molar-refractivity contribution in [2.45, 2.75) is 9.17 Å². The molecule has 15 heavy (non-hydrogen) atoms. The fourth-order valence-corrected chi connectivity index (χ4v) is 1.66. The summed E-state index contributed by atoms with van der Waals surface area (Å²) >= 11 is 22.9. The summed E-state index contributed by atoms with van der Waals surface area (Å²) in [5, 5.41) is -0.925. The number of hydrogen-bond acceptors (Lipinski definition) is 1. The van der Waals surface area contributed by atoms with Crippen LogP contribution in [0.3, 0.4) is 0 Å². The van der Waals surface area contributed by atoms with Gasteiger partial charge < -0.3 is 5.73 Å². The summed E-state index contributed by atoms with van der Waals surface area (Å²) in [5.41, 5.74) is 5.83. The van der Waals surface area contributed by atoms with Gasteiger partial charge in [-0.2, -0.15) is 0 Å². The van der Waals surface area contributed by atoms with E-state index in [1.807, 2.05) is 0 Å². The third-order valence-electron chi connectivity index (χ3n) is 1.79. The molecule has 0 aliphatic rings. The highest BCUT2D eigenvalue weighted by atomic mass is 35.6. The topological polar surface area (TPSA) is 43.1 Å². The maximum Gasteiger partial charge on any atom is 0.249 e. The summed E-state index contributed by atoms with van der Waals surface area (Å²) in [6.07, 6.45) is 0. The van der Waals surface area contributed by atoms with E-state index in [0.717, 1.165) is 0 Å². The van der Waals surface area contributed by atoms with Crippen molar-refractivity contribution in [1.82, 2.24) is 0 Å². The zero-order valence-corrected chi connectivity index (χ0v) is 10.4. The van der Waals surface area contributed by atoms with Crippen LogP contribution in [0, 0.1) is 0 Å². The summed E-state index contributed by atoms with van der Waals surface area (Å²) in [5.74, 6) is -0.606. The quantitative estimate of drug-likeness (QED) is 0.832. The maximum absolute atomic E-state index is 11.1. The summed E-state index contributed by atoms with van der Waals surface area (Å²) < 4.78 is -1.69. The second-order valence-corrected chi connectivity index (χ2v) is 5.66. The van der Waals surface area contributed by atoms with Crippen molar-refractivity contribution in [2.75, 3.05) is 0 Å². The van der Waals surface area contributed by atoms with Crippen LogP contribution < -0.4 is 5.73 Å². The Morgan fingerprint density at radius 1 is 1.27 bits per heavy atom. The van der Waals surface area contributed by atoms with Gasteiger partial charge in [0.1, 0.15) is 5.38 Å². The number of hydrogen-bond donors (Lipinski definition) is 1. The molecule has 0 spiro atoms. The van der Waals surface area contributed by atoms with Gasteiger partial charge in [0, 0.05) is 5.56 Å². The average molecular weight is 287 g/mol. The second-order valence-electron chi connectivity index (χ2n) is 2.86. The average Bonchev–Trinajstić information content (AvgIpc) is 2.15. The van der Waals surface area contributed by atoms with E-state index in [1.54, 1.807) is 18.2 Å². The van der Waals surface area contributed by atoms with Gasteiger partial charge in [0.2, 0.25) is 9.70 Å². The zero-order chi connectivity index (χ0) is 11.6. The highest BCUT2D eigenvalue weighted by Gasteiger charge is 2.34. The molecule has 1 amide bonds. The third-order valence-corrected chi connectivity index (χ3v) is 3.34. The van der Waals surface area contributed by atoms with E-state index in [1.165, 1.54) is 6.07 Å². The minimum Gasteiger partial charge on any atom is -0.366 e. The molecular formula is C9H7Cl4NO. The van der Waals surface area contributed by atoms with Gasteiger partial charge in [-0.1, -0.05) is 53.0 Å². The van der Waals surface area contributed by atoms with Gasteiger partial charge in [-0.05, 0) is 11.6 Å². The lowest BCUT2D eigenvalue weighted by Gasteiger charge is -2.19. The van der Waals surface area contributed by atoms with Crippen LogP contribution in [0.15, 0.2) is 24.3 Å². The van der Waals surface area contributed by atoms with Gasteiger partial charge in [-0.15, -0.1) is 11.6 Å². The molecule has 0 bridgehead atoms. The molecule has 1 aromatic rings. The molecule has 2 N–H and O–H groups in total. The molecule has 1 atom stereocenters. The van der Waals surface area contributed by atoms with E-state index in [-0.39, 0.29) is 5.56 Å². The summed E-state index contributed by atoms with van der Waals surface area (Å²) in [4.78, 5) is 11.1. The Balaban J connectivity index is 3.19. The summed E-state index contributed by atoms with van der Waals surface area (Å²) in [7, 11) is 0. The first-order valence-corrected chi connectivity index (χ1v) is 5.50. The lowest BCUT2D eigenvalue weighted by atomic mass is 10.0. The predicted molar refractivity (Wildman–Crippen MR) is 63.8 cm³/mol. The number of primary amides is 1. The number of carbonyl (C=O) groups is 1. The Morgan fingerprint density at radius 2 is 1.80 bits per heavy atom. The number of alkyl halides is 4. The van der Waals surface area contributed by atoms with Crippen LogP contribution in [0.4, 0.5) is 0 Å². The molecular weight excluding hydrogens is 280 g/mol. The molecule has 0 aliphatic carbocycles. The fourth-order valence-electron chi connectivity index (χ4n) is 1.12. The van der Waals surface area contributed by atoms with Crippen molar-refractivity contribution in [1.29, 1.82) is 0 Å². The molecule has 1 aromatic carbocycles. The molecule has 1 unspecified atom stereocenters. The molecule has 0 heterocycles. The molecule has 0 fully saturated rings. The van der Waals surface area contributed by atoms with Crippen molar-refractivity contribution in [3.05, 3.63) is 35.4 Å². The van der Waals surface area contributed by atoms with E-state index < -0.39 is 15.1 Å². The SMILES string of the molecule is NC(=O)c1ccccc1C(Cl)C(Cl)(Cl)Cl. The summed E-state index contributed by atoms with van der Waals surface area (Å²) in [6.45, 7) is 0. The van der Waals surface area contributed by atoms with Crippen molar-refractivity contribution in [2.24, 2.45) is 5.73 Å². The van der Waals surface area contributed by atoms with Gasteiger partial charge in [0.25, 0.3) is 0 Å². The number of carbonyl (C=O) groups excluding carboxylic acids is 1. The lowest BCUT2D eigenvalue weighted by Crippen LogP contribution is -2.19. The molecule has 0 saturated heterocycles. The molecule has 0 aromatic heterocycles. The Morgan fingerprint density at radius 3 is 2.27 bits per heavy atom. The minimum absolute atomic E-state index is 0.254. The first-order chi connectivity index (χ1) is 6.84. The van der Waals surface area contributed by atoms with Crippen LogP contribution >= 0.6 is 46.4 Å². The standard InChI is InChI=1S/C9H7Cl4NO/c10-7(9(11,12)13)5-3-1-2-4-6(5)8(14)15/h1-4,7H,(H2,14,15). The molecule has 0 aliphatic heterocycles. The maximum atomic E-state index is 11.1. The van der Waals surface area contributed by atoms with Gasteiger partial charge >= 0.3 is 0 Å². The van der Waals surface area contributed by atoms with Crippen LogP contribution in [-0.4, -0.2) is 9.70 Å². The van der Waals surface area contributed by atoms with Crippen molar-refractivity contribution in [3.8, 4) is 0 Å². The Bertz CT molecular complexity index is 375. The Labute approximate surface area is 107 Å². The van der Waals surface area contributed by atoms with Crippen LogP contribution in [0.1, 0.15) is 21.3 Å². The van der Waals surface area contributed by atoms with Crippen LogP contribution in [0.5, 0.6) is 0 Å². The van der Waals surface area contributed by atoms with Gasteiger partial charge in [-0.25, -0.2) is 0 Å². The normalized spacial score (nSPS) is 13.6. The molecule has 0 radical (unpaired) electrons. The number of halogens is 4. The van der Waals surface area contributed by atoms with Crippen LogP contribution in [0.2, 0.25) is 0 Å². The second kappa shape index (κ2) is 4.79. The van der Waals surface area contributed by atoms with E-state index in [9.17, 15) is 4.79 Å². The van der Waals surface area contributed by atoms with Crippen molar-refractivity contribution >= 4 is 52.3 Å². The predicted octanol–water partition coefficient (Wildman–Crippen LogP) is 3.44. The highest BCUT2D eigenvalue weighted by molar-refractivity contribution is 6.70. The van der Waals surface area contributed by atoms with Gasteiger partial charge in [0.15, 0.2) is 0 Å². The molecule has 82 valence electrons. The largest absolute Gasteiger partial charge is 0.366 e. The number of benzene rings is 1. The van der Waals surface area contributed by atoms with Crippen LogP contribution in [-0.2, 0) is 0 Å². The first-order valence-electron chi connectivity index (χ1n) is 3.93. The Kier molecular flexibility index (Phi) is 4.13. The summed E-state index contributed by atoms with van der Waals surface area (Å²) in [6, 6.07) is 6.47. The lowest BCUT2D eigenvalue weighted by molar-refractivity contribution is 0.0999. The molecule has 2 nitrogen and oxygen atoms in total. The monoisotopic (exact) mass is 285 g/mol. The smallest absolute Gasteiger partial charge is 0.249 e. The van der Waals surface area contributed by atoms with Gasteiger partial charge in [-0.3, -0.25) is 4.79 Å². The minimum atomic E-state index is -1.69. The fraction of sp³-hybridized carbons (Fsp3) is 0.222.